The highest BCUT2D eigenvalue weighted by Crippen LogP contribution is 2.34. The third-order valence-corrected chi connectivity index (χ3v) is 2.54. The Kier molecular flexibility index (Phi) is 5.55. The molecule has 0 amide bonds. The van der Waals surface area contributed by atoms with E-state index in [0.29, 0.717) is 29.7 Å². The van der Waals surface area contributed by atoms with E-state index in [1.165, 1.54) is 0 Å². The maximum atomic E-state index is 5.96. The topological polar surface area (TPSA) is 47.7 Å². The summed E-state index contributed by atoms with van der Waals surface area (Å²) in [4.78, 5) is 2.05. The lowest BCUT2D eigenvalue weighted by atomic mass is 10.2. The van der Waals surface area contributed by atoms with E-state index in [4.69, 9.17) is 26.8 Å². The predicted molar refractivity (Wildman–Crippen MR) is 69.9 cm³/mol. The van der Waals surface area contributed by atoms with Crippen molar-refractivity contribution >= 4 is 11.6 Å². The van der Waals surface area contributed by atoms with Crippen molar-refractivity contribution in [2.45, 2.75) is 6.54 Å². The normalized spacial score (nSPS) is 10.7. The number of hydrogen-bond donors (Lipinski definition) is 1. The van der Waals surface area contributed by atoms with Gasteiger partial charge in [-0.1, -0.05) is 11.6 Å². The molecule has 1 aromatic rings. The smallest absolute Gasteiger partial charge is 0.165 e. The van der Waals surface area contributed by atoms with Crippen molar-refractivity contribution in [1.82, 2.24) is 4.90 Å². The first-order chi connectivity index (χ1) is 8.08. The van der Waals surface area contributed by atoms with Crippen LogP contribution in [0.3, 0.4) is 0 Å². The molecular weight excluding hydrogens is 240 g/mol. The van der Waals surface area contributed by atoms with Gasteiger partial charge in [-0.15, -0.1) is 0 Å². The molecule has 0 unspecified atom stereocenters. The van der Waals surface area contributed by atoms with Crippen LogP contribution in [0.1, 0.15) is 5.56 Å². The summed E-state index contributed by atoms with van der Waals surface area (Å²) in [7, 11) is 5.57. The van der Waals surface area contributed by atoms with Crippen LogP contribution in [-0.2, 0) is 6.54 Å². The summed E-state index contributed by atoms with van der Waals surface area (Å²) in [6.07, 6.45) is 0. The van der Waals surface area contributed by atoms with Gasteiger partial charge in [0.05, 0.1) is 7.11 Å². The quantitative estimate of drug-likeness (QED) is 0.845. The van der Waals surface area contributed by atoms with Crippen molar-refractivity contribution in [3.05, 3.63) is 22.7 Å². The second kappa shape index (κ2) is 6.69. The van der Waals surface area contributed by atoms with Crippen LogP contribution in [0.4, 0.5) is 0 Å². The van der Waals surface area contributed by atoms with E-state index in [-0.39, 0.29) is 0 Å². The molecule has 0 bridgehead atoms. The monoisotopic (exact) mass is 258 g/mol. The number of rotatable bonds is 6. The second-order valence-corrected chi connectivity index (χ2v) is 4.39. The highest BCUT2D eigenvalue weighted by molar-refractivity contribution is 6.30. The predicted octanol–water partition coefficient (Wildman–Crippen LogP) is 1.75. The van der Waals surface area contributed by atoms with Gasteiger partial charge in [0.15, 0.2) is 11.5 Å². The van der Waals surface area contributed by atoms with Gasteiger partial charge in [0, 0.05) is 29.7 Å². The Morgan fingerprint density at radius 2 is 2.06 bits per heavy atom. The molecule has 0 saturated heterocycles. The van der Waals surface area contributed by atoms with Crippen molar-refractivity contribution in [2.24, 2.45) is 5.73 Å². The zero-order valence-electron chi connectivity index (χ0n) is 10.5. The molecule has 0 atom stereocenters. The largest absolute Gasteiger partial charge is 0.493 e. The van der Waals surface area contributed by atoms with Gasteiger partial charge in [0.1, 0.15) is 6.61 Å². The Bertz CT molecular complexity index is 345. The van der Waals surface area contributed by atoms with Crippen molar-refractivity contribution in [2.75, 3.05) is 34.4 Å². The Hall–Kier alpha value is -0.970. The molecule has 5 heteroatoms. The highest BCUT2D eigenvalue weighted by Gasteiger charge is 2.11. The second-order valence-electron chi connectivity index (χ2n) is 3.95. The van der Waals surface area contributed by atoms with Gasteiger partial charge in [-0.2, -0.15) is 0 Å². The summed E-state index contributed by atoms with van der Waals surface area (Å²) in [6, 6.07) is 3.53. The molecule has 0 fully saturated rings. The average Bonchev–Trinajstić information content (AvgIpc) is 2.29. The first-order valence-corrected chi connectivity index (χ1v) is 5.80. The van der Waals surface area contributed by atoms with E-state index >= 15 is 0 Å². The molecule has 0 aliphatic heterocycles. The molecule has 0 spiro atoms. The Labute approximate surface area is 107 Å². The average molecular weight is 259 g/mol. The van der Waals surface area contributed by atoms with Crippen LogP contribution in [0.2, 0.25) is 5.02 Å². The first-order valence-electron chi connectivity index (χ1n) is 5.42. The molecule has 0 aromatic heterocycles. The van der Waals surface area contributed by atoms with Gasteiger partial charge in [-0.05, 0) is 20.2 Å². The number of benzene rings is 1. The summed E-state index contributed by atoms with van der Waals surface area (Å²) in [5.41, 5.74) is 6.52. The van der Waals surface area contributed by atoms with E-state index in [1.807, 2.05) is 19.0 Å². The van der Waals surface area contributed by atoms with Gasteiger partial charge in [0.25, 0.3) is 0 Å². The van der Waals surface area contributed by atoms with Crippen LogP contribution >= 0.6 is 11.6 Å². The number of ether oxygens (including phenoxy) is 2. The molecule has 0 heterocycles. The summed E-state index contributed by atoms with van der Waals surface area (Å²) >= 11 is 5.96. The molecular formula is C12H19ClN2O2. The van der Waals surface area contributed by atoms with E-state index in [0.717, 1.165) is 12.1 Å². The maximum Gasteiger partial charge on any atom is 0.165 e. The Morgan fingerprint density at radius 1 is 1.35 bits per heavy atom. The minimum Gasteiger partial charge on any atom is -0.493 e. The lowest BCUT2D eigenvalue weighted by Gasteiger charge is -2.16. The molecule has 0 saturated carbocycles. The molecule has 96 valence electrons. The van der Waals surface area contributed by atoms with Crippen LogP contribution in [-0.4, -0.2) is 39.3 Å². The van der Waals surface area contributed by atoms with Gasteiger partial charge >= 0.3 is 0 Å². The van der Waals surface area contributed by atoms with Crippen molar-refractivity contribution in [1.29, 1.82) is 0 Å². The van der Waals surface area contributed by atoms with Crippen LogP contribution < -0.4 is 15.2 Å². The van der Waals surface area contributed by atoms with E-state index in [9.17, 15) is 0 Å². The third-order valence-electron chi connectivity index (χ3n) is 2.32. The van der Waals surface area contributed by atoms with Gasteiger partial charge < -0.3 is 20.1 Å². The lowest BCUT2D eigenvalue weighted by Crippen LogP contribution is -2.20. The van der Waals surface area contributed by atoms with E-state index in [2.05, 4.69) is 0 Å². The minimum atomic E-state index is 0.369. The first kappa shape index (κ1) is 14.1. The van der Waals surface area contributed by atoms with Crippen molar-refractivity contribution in [3.63, 3.8) is 0 Å². The number of nitrogens with zero attached hydrogens (tertiary/aromatic N) is 1. The summed E-state index contributed by atoms with van der Waals surface area (Å²) in [6.45, 7) is 1.78. The Balaban J connectivity index is 2.87. The van der Waals surface area contributed by atoms with E-state index < -0.39 is 0 Å². The minimum absolute atomic E-state index is 0.369. The summed E-state index contributed by atoms with van der Waals surface area (Å²) < 4.78 is 11.0. The molecule has 1 aromatic carbocycles. The zero-order chi connectivity index (χ0) is 12.8. The number of nitrogens with two attached hydrogens (primary N) is 1. The van der Waals surface area contributed by atoms with Crippen molar-refractivity contribution < 1.29 is 9.47 Å². The van der Waals surface area contributed by atoms with Crippen LogP contribution in [0.15, 0.2) is 12.1 Å². The number of halogens is 1. The van der Waals surface area contributed by atoms with E-state index in [1.54, 1.807) is 19.2 Å². The van der Waals surface area contributed by atoms with Gasteiger partial charge in [0.2, 0.25) is 0 Å². The van der Waals surface area contributed by atoms with Crippen LogP contribution in [0.5, 0.6) is 11.5 Å². The number of likely N-dealkylation sites (N-methyl/N-ethyl adjacent to an activating group) is 1. The third kappa shape index (κ3) is 4.07. The molecule has 0 aliphatic rings. The van der Waals surface area contributed by atoms with Gasteiger partial charge in [-0.3, -0.25) is 0 Å². The molecule has 2 N–H and O–H groups in total. The number of methoxy groups -OCH3 is 1. The molecule has 0 radical (unpaired) electrons. The molecule has 4 nitrogen and oxygen atoms in total. The SMILES string of the molecule is COc1cc(Cl)cc(CN)c1OCCN(C)C. The fourth-order valence-corrected chi connectivity index (χ4v) is 1.65. The summed E-state index contributed by atoms with van der Waals surface area (Å²) in [5, 5.41) is 0.599. The fourth-order valence-electron chi connectivity index (χ4n) is 1.42. The molecule has 17 heavy (non-hydrogen) atoms. The highest BCUT2D eigenvalue weighted by atomic mass is 35.5. The zero-order valence-corrected chi connectivity index (χ0v) is 11.3. The summed E-state index contributed by atoms with van der Waals surface area (Å²) in [5.74, 6) is 1.30. The molecule has 0 aliphatic carbocycles. The molecule has 1 rings (SSSR count). The van der Waals surface area contributed by atoms with Crippen molar-refractivity contribution in [3.8, 4) is 11.5 Å². The maximum absolute atomic E-state index is 5.96. The number of hydrogen-bond acceptors (Lipinski definition) is 4. The fraction of sp³-hybridized carbons (Fsp3) is 0.500. The Morgan fingerprint density at radius 3 is 2.59 bits per heavy atom. The lowest BCUT2D eigenvalue weighted by molar-refractivity contribution is 0.248. The van der Waals surface area contributed by atoms with Crippen LogP contribution in [0.25, 0.3) is 0 Å². The van der Waals surface area contributed by atoms with Gasteiger partial charge in [-0.25, -0.2) is 0 Å². The standard InChI is InChI=1S/C12H19ClN2O2/c1-15(2)4-5-17-12-9(8-14)6-10(13)7-11(12)16-3/h6-7H,4-5,8,14H2,1-3H3. The van der Waals surface area contributed by atoms with Crippen LogP contribution in [0, 0.1) is 0 Å².